The Labute approximate surface area is 105 Å². The Morgan fingerprint density at radius 2 is 2.33 bits per heavy atom. The van der Waals surface area contributed by atoms with E-state index >= 15 is 0 Å². The number of halogens is 1. The van der Waals surface area contributed by atoms with Gasteiger partial charge in [0.2, 0.25) is 0 Å². The summed E-state index contributed by atoms with van der Waals surface area (Å²) in [6.45, 7) is 1.72. The van der Waals surface area contributed by atoms with Crippen LogP contribution in [0.2, 0.25) is 0 Å². The molecule has 0 saturated carbocycles. The molecule has 15 heavy (non-hydrogen) atoms. The van der Waals surface area contributed by atoms with E-state index in [0.717, 1.165) is 2.88 Å². The fourth-order valence-electron chi connectivity index (χ4n) is 1.01. The molecule has 4 nitrogen and oxygen atoms in total. The number of hydrogen-bond donors (Lipinski definition) is 2. The summed E-state index contributed by atoms with van der Waals surface area (Å²) in [4.78, 5) is 22.2. The van der Waals surface area contributed by atoms with Crippen molar-refractivity contribution in [2.45, 2.75) is 19.4 Å². The van der Waals surface area contributed by atoms with Crippen LogP contribution < -0.4 is 5.32 Å². The molecule has 0 aliphatic heterocycles. The number of thiophene rings is 1. The van der Waals surface area contributed by atoms with E-state index in [1.54, 1.807) is 18.4 Å². The minimum atomic E-state index is -1.00. The van der Waals surface area contributed by atoms with Crippen LogP contribution in [-0.4, -0.2) is 23.0 Å². The van der Waals surface area contributed by atoms with Crippen molar-refractivity contribution in [3.8, 4) is 0 Å². The Bertz CT molecular complexity index is 377. The molecule has 1 atom stereocenters. The van der Waals surface area contributed by atoms with E-state index in [4.69, 9.17) is 5.11 Å². The molecule has 0 bridgehead atoms. The summed E-state index contributed by atoms with van der Waals surface area (Å²) >= 11 is 3.57. The minimum absolute atomic E-state index is 0.330. The summed E-state index contributed by atoms with van der Waals surface area (Å²) in [5.74, 6) is -1.33. The first-order valence-corrected chi connectivity index (χ1v) is 6.28. The van der Waals surface area contributed by atoms with Crippen LogP contribution in [0.3, 0.4) is 0 Å². The molecular weight excluding hydrogens is 329 g/mol. The zero-order chi connectivity index (χ0) is 11.4. The van der Waals surface area contributed by atoms with E-state index in [1.165, 1.54) is 11.3 Å². The zero-order valence-corrected chi connectivity index (χ0v) is 11.0. The predicted molar refractivity (Wildman–Crippen MR) is 66.2 cm³/mol. The highest BCUT2D eigenvalue weighted by Crippen LogP contribution is 2.16. The number of hydrogen-bond acceptors (Lipinski definition) is 3. The molecule has 0 saturated heterocycles. The van der Waals surface area contributed by atoms with Crippen LogP contribution in [0.15, 0.2) is 11.4 Å². The molecule has 2 N–H and O–H groups in total. The third-order valence-electron chi connectivity index (χ3n) is 1.84. The predicted octanol–water partition coefficient (Wildman–Crippen LogP) is 1.95. The monoisotopic (exact) mass is 339 g/mol. The van der Waals surface area contributed by atoms with E-state index in [1.807, 2.05) is 0 Å². The molecular formula is C9H10INO3S. The lowest BCUT2D eigenvalue weighted by molar-refractivity contribution is -0.139. The molecule has 6 heteroatoms. The van der Waals surface area contributed by atoms with Gasteiger partial charge >= 0.3 is 5.97 Å². The van der Waals surface area contributed by atoms with E-state index in [-0.39, 0.29) is 5.91 Å². The number of carboxylic acids is 1. The van der Waals surface area contributed by atoms with Gasteiger partial charge in [0, 0.05) is 5.38 Å². The van der Waals surface area contributed by atoms with Gasteiger partial charge in [-0.3, -0.25) is 4.79 Å². The SMILES string of the molecule is CC[C@@H](NC(=O)c1csc(I)c1)C(=O)O. The second-order valence-corrected chi connectivity index (χ2v) is 5.72. The fourth-order valence-corrected chi connectivity index (χ4v) is 2.34. The summed E-state index contributed by atoms with van der Waals surface area (Å²) in [6, 6.07) is 0.921. The van der Waals surface area contributed by atoms with Gasteiger partial charge in [0.15, 0.2) is 0 Å². The first-order valence-electron chi connectivity index (χ1n) is 4.32. The highest BCUT2D eigenvalue weighted by Gasteiger charge is 2.18. The van der Waals surface area contributed by atoms with E-state index < -0.39 is 12.0 Å². The van der Waals surface area contributed by atoms with Crippen molar-refractivity contribution < 1.29 is 14.7 Å². The zero-order valence-electron chi connectivity index (χ0n) is 7.99. The van der Waals surface area contributed by atoms with Gasteiger partial charge < -0.3 is 10.4 Å². The van der Waals surface area contributed by atoms with Crippen LogP contribution in [-0.2, 0) is 4.79 Å². The second kappa shape index (κ2) is 5.45. The second-order valence-electron chi connectivity index (χ2n) is 2.91. The fraction of sp³-hybridized carbons (Fsp3) is 0.333. The highest BCUT2D eigenvalue weighted by molar-refractivity contribution is 14.1. The van der Waals surface area contributed by atoms with Crippen LogP contribution in [0.4, 0.5) is 0 Å². The average Bonchev–Trinajstić information content (AvgIpc) is 2.60. The number of nitrogens with one attached hydrogen (secondary N) is 1. The van der Waals surface area contributed by atoms with Crippen molar-refractivity contribution >= 4 is 45.8 Å². The Morgan fingerprint density at radius 1 is 1.67 bits per heavy atom. The topological polar surface area (TPSA) is 66.4 Å². The summed E-state index contributed by atoms with van der Waals surface area (Å²) in [7, 11) is 0. The van der Waals surface area contributed by atoms with Crippen molar-refractivity contribution in [1.29, 1.82) is 0 Å². The first kappa shape index (κ1) is 12.4. The lowest BCUT2D eigenvalue weighted by Crippen LogP contribution is -2.40. The third kappa shape index (κ3) is 3.45. The molecule has 0 aliphatic rings. The van der Waals surface area contributed by atoms with Crippen LogP contribution in [0.25, 0.3) is 0 Å². The maximum Gasteiger partial charge on any atom is 0.326 e. The first-order chi connectivity index (χ1) is 7.04. The number of carbonyl (C=O) groups is 2. The van der Waals surface area contributed by atoms with Crippen molar-refractivity contribution in [2.24, 2.45) is 0 Å². The Morgan fingerprint density at radius 3 is 2.73 bits per heavy atom. The van der Waals surface area contributed by atoms with Crippen molar-refractivity contribution in [2.75, 3.05) is 0 Å². The molecule has 1 aromatic heterocycles. The van der Waals surface area contributed by atoms with Gasteiger partial charge in [0.25, 0.3) is 5.91 Å². The van der Waals surface area contributed by atoms with E-state index in [2.05, 4.69) is 27.9 Å². The van der Waals surface area contributed by atoms with E-state index in [9.17, 15) is 9.59 Å². The van der Waals surface area contributed by atoms with Gasteiger partial charge in [0.1, 0.15) is 6.04 Å². The van der Waals surface area contributed by atoms with Gasteiger partial charge in [0.05, 0.1) is 8.45 Å². The quantitative estimate of drug-likeness (QED) is 0.824. The Hall–Kier alpha value is -0.630. The summed E-state index contributed by atoms with van der Waals surface area (Å²) in [6.07, 6.45) is 0.377. The van der Waals surface area contributed by atoms with Crippen LogP contribution in [0.5, 0.6) is 0 Å². The van der Waals surface area contributed by atoms with Gasteiger partial charge in [-0.25, -0.2) is 4.79 Å². The maximum atomic E-state index is 11.6. The third-order valence-corrected chi connectivity index (χ3v) is 3.63. The van der Waals surface area contributed by atoms with Gasteiger partial charge in [-0.1, -0.05) is 6.92 Å². The smallest absolute Gasteiger partial charge is 0.326 e. The number of amides is 1. The van der Waals surface area contributed by atoms with Crippen molar-refractivity contribution in [1.82, 2.24) is 5.32 Å². The molecule has 1 amide bonds. The normalized spacial score (nSPS) is 12.1. The lowest BCUT2D eigenvalue weighted by atomic mass is 10.2. The minimum Gasteiger partial charge on any atom is -0.480 e. The summed E-state index contributed by atoms with van der Waals surface area (Å²) in [5, 5.41) is 12.9. The largest absolute Gasteiger partial charge is 0.480 e. The standard InChI is InChI=1S/C9H10INO3S/c1-2-6(9(13)14)11-8(12)5-3-7(10)15-4-5/h3-4,6H,2H2,1H3,(H,11,12)(H,13,14)/t6-/m1/s1. The summed E-state index contributed by atoms with van der Waals surface area (Å²) < 4.78 is 1.00. The summed E-state index contributed by atoms with van der Waals surface area (Å²) in [5.41, 5.74) is 0.518. The molecule has 0 unspecified atom stereocenters. The lowest BCUT2D eigenvalue weighted by Gasteiger charge is -2.10. The van der Waals surface area contributed by atoms with Gasteiger partial charge in [-0.05, 0) is 35.1 Å². The number of carbonyl (C=O) groups excluding carboxylic acids is 1. The molecule has 0 fully saturated rings. The molecule has 0 radical (unpaired) electrons. The van der Waals surface area contributed by atoms with E-state index in [0.29, 0.717) is 12.0 Å². The molecule has 82 valence electrons. The molecule has 1 aromatic rings. The van der Waals surface area contributed by atoms with Gasteiger partial charge in [-0.15, -0.1) is 11.3 Å². The molecule has 1 heterocycles. The van der Waals surface area contributed by atoms with Crippen molar-refractivity contribution in [3.05, 3.63) is 19.9 Å². The Balaban J connectivity index is 2.66. The average molecular weight is 339 g/mol. The highest BCUT2D eigenvalue weighted by atomic mass is 127. The Kier molecular flexibility index (Phi) is 4.52. The van der Waals surface area contributed by atoms with Crippen molar-refractivity contribution in [3.63, 3.8) is 0 Å². The molecule has 0 aliphatic carbocycles. The molecule has 0 aromatic carbocycles. The number of carboxylic acid groups (broad SMARTS) is 1. The van der Waals surface area contributed by atoms with Crippen LogP contribution in [0.1, 0.15) is 23.7 Å². The number of rotatable bonds is 4. The molecule has 1 rings (SSSR count). The maximum absolute atomic E-state index is 11.6. The van der Waals surface area contributed by atoms with Gasteiger partial charge in [-0.2, -0.15) is 0 Å². The van der Waals surface area contributed by atoms with Crippen LogP contribution in [0, 0.1) is 2.88 Å². The number of aliphatic carboxylic acids is 1. The van der Waals surface area contributed by atoms with Crippen LogP contribution >= 0.6 is 33.9 Å². The molecule has 0 spiro atoms.